The molecule has 0 saturated carbocycles. The zero-order valence-electron chi connectivity index (χ0n) is 7.95. The van der Waals surface area contributed by atoms with Gasteiger partial charge in [0, 0.05) is 0 Å². The molecule has 0 amide bonds. The Bertz CT molecular complexity index is 143. The van der Waals surface area contributed by atoms with Crippen LogP contribution in [0.5, 0.6) is 0 Å². The maximum Gasteiger partial charge on any atom is 0.512 e. The quantitative estimate of drug-likeness (QED) is 0.452. The van der Waals surface area contributed by atoms with E-state index < -0.39 is 8.03 Å². The van der Waals surface area contributed by atoms with Crippen LogP contribution in [-0.2, 0) is 9.09 Å². The molecule has 0 spiro atoms. The van der Waals surface area contributed by atoms with Gasteiger partial charge in [-0.1, -0.05) is 26.3 Å². The van der Waals surface area contributed by atoms with Gasteiger partial charge in [-0.15, -0.1) is 4.52 Å². The summed E-state index contributed by atoms with van der Waals surface area (Å²) >= 11 is 0. The van der Waals surface area contributed by atoms with Crippen LogP contribution in [0.15, 0.2) is 12.2 Å². The second kappa shape index (κ2) is 8.89. The molecule has 0 fully saturated rings. The summed E-state index contributed by atoms with van der Waals surface area (Å²) < 4.78 is 16.1. The number of hydrogen-bond acceptors (Lipinski definition) is 2. The maximum atomic E-state index is 11.0. The summed E-state index contributed by atoms with van der Waals surface area (Å²) in [6.07, 6.45) is 7.70. The topological polar surface area (TPSA) is 26.3 Å². The summed E-state index contributed by atoms with van der Waals surface area (Å²) in [4.78, 5) is 0. The van der Waals surface area contributed by atoms with Gasteiger partial charge < -0.3 is 0 Å². The van der Waals surface area contributed by atoms with E-state index in [2.05, 4.69) is 13.0 Å². The first-order valence-corrected chi connectivity index (χ1v) is 5.90. The van der Waals surface area contributed by atoms with Gasteiger partial charge in [-0.2, -0.15) is 0 Å². The van der Waals surface area contributed by atoms with Crippen molar-refractivity contribution in [2.75, 3.05) is 12.8 Å². The molecule has 0 N–H and O–H groups in total. The van der Waals surface area contributed by atoms with Crippen LogP contribution in [0.3, 0.4) is 0 Å². The second-order valence-electron chi connectivity index (χ2n) is 2.61. The average Bonchev–Trinajstić information content (AvgIpc) is 2.09. The molecule has 12 heavy (non-hydrogen) atoms. The van der Waals surface area contributed by atoms with Crippen LogP contribution < -0.4 is 0 Å². The Morgan fingerprint density at radius 2 is 2.00 bits per heavy atom. The first-order valence-electron chi connectivity index (χ1n) is 4.53. The SMILES string of the molecule is CCC/C=C/C[P+](=O)OCCC. The molecule has 1 atom stereocenters. The van der Waals surface area contributed by atoms with E-state index in [1.807, 2.05) is 13.0 Å². The summed E-state index contributed by atoms with van der Waals surface area (Å²) in [5, 5.41) is 0. The van der Waals surface area contributed by atoms with Gasteiger partial charge in [0.15, 0.2) is 6.16 Å². The molecule has 2 nitrogen and oxygen atoms in total. The van der Waals surface area contributed by atoms with Crippen LogP contribution in [0, 0.1) is 0 Å². The number of unbranched alkanes of at least 4 members (excludes halogenated alkanes) is 1. The summed E-state index contributed by atoms with van der Waals surface area (Å²) in [5.41, 5.74) is 0. The van der Waals surface area contributed by atoms with Crippen LogP contribution in [0.25, 0.3) is 0 Å². The number of hydrogen-bond donors (Lipinski definition) is 0. The highest BCUT2D eigenvalue weighted by atomic mass is 31.1. The van der Waals surface area contributed by atoms with Crippen LogP contribution in [0.4, 0.5) is 0 Å². The molecule has 0 rings (SSSR count). The van der Waals surface area contributed by atoms with Gasteiger partial charge in [0.1, 0.15) is 6.61 Å². The molecule has 0 aromatic carbocycles. The Morgan fingerprint density at radius 3 is 2.58 bits per heavy atom. The van der Waals surface area contributed by atoms with E-state index >= 15 is 0 Å². The van der Waals surface area contributed by atoms with E-state index in [1.165, 1.54) is 0 Å². The van der Waals surface area contributed by atoms with Crippen LogP contribution in [0.1, 0.15) is 33.1 Å². The lowest BCUT2D eigenvalue weighted by atomic mass is 10.3. The molecule has 0 saturated heterocycles. The molecule has 0 bridgehead atoms. The van der Waals surface area contributed by atoms with E-state index in [9.17, 15) is 4.57 Å². The molecule has 0 aliphatic heterocycles. The van der Waals surface area contributed by atoms with Crippen molar-refractivity contribution >= 4 is 8.03 Å². The highest BCUT2D eigenvalue weighted by Gasteiger charge is 2.12. The highest BCUT2D eigenvalue weighted by molar-refractivity contribution is 7.39. The van der Waals surface area contributed by atoms with Crippen molar-refractivity contribution in [3.8, 4) is 0 Å². The van der Waals surface area contributed by atoms with Crippen molar-refractivity contribution in [2.24, 2.45) is 0 Å². The average molecular weight is 189 g/mol. The summed E-state index contributed by atoms with van der Waals surface area (Å²) in [5.74, 6) is 0. The molecular formula is C9H18O2P+. The first kappa shape index (κ1) is 11.8. The Hall–Kier alpha value is -0.200. The first-order chi connectivity index (χ1) is 5.81. The van der Waals surface area contributed by atoms with E-state index in [1.54, 1.807) is 0 Å². The van der Waals surface area contributed by atoms with Gasteiger partial charge in [-0.05, 0) is 23.5 Å². The fraction of sp³-hybridized carbons (Fsp3) is 0.778. The smallest absolute Gasteiger partial charge is 0.146 e. The fourth-order valence-corrected chi connectivity index (χ4v) is 1.50. The van der Waals surface area contributed by atoms with Crippen molar-refractivity contribution in [3.05, 3.63) is 12.2 Å². The number of rotatable bonds is 7. The zero-order valence-corrected chi connectivity index (χ0v) is 8.85. The van der Waals surface area contributed by atoms with Gasteiger partial charge in [-0.3, -0.25) is 0 Å². The van der Waals surface area contributed by atoms with Crippen LogP contribution >= 0.6 is 8.03 Å². The van der Waals surface area contributed by atoms with Crippen molar-refractivity contribution in [1.82, 2.24) is 0 Å². The minimum absolute atomic E-state index is 0.565. The van der Waals surface area contributed by atoms with Gasteiger partial charge >= 0.3 is 8.03 Å². The van der Waals surface area contributed by atoms with Crippen LogP contribution in [0.2, 0.25) is 0 Å². The van der Waals surface area contributed by atoms with E-state index in [4.69, 9.17) is 4.52 Å². The lowest BCUT2D eigenvalue weighted by molar-refractivity contribution is 0.330. The fourth-order valence-electron chi connectivity index (χ4n) is 0.691. The normalized spacial score (nSPS) is 12.3. The van der Waals surface area contributed by atoms with Crippen molar-refractivity contribution in [1.29, 1.82) is 0 Å². The minimum atomic E-state index is -1.44. The molecule has 0 heterocycles. The van der Waals surface area contributed by atoms with E-state index in [-0.39, 0.29) is 0 Å². The van der Waals surface area contributed by atoms with Crippen molar-refractivity contribution < 1.29 is 9.09 Å². The summed E-state index contributed by atoms with van der Waals surface area (Å²) in [6.45, 7) is 4.74. The van der Waals surface area contributed by atoms with Gasteiger partial charge in [0.25, 0.3) is 0 Å². The third-order valence-corrected chi connectivity index (χ3v) is 2.30. The Kier molecular flexibility index (Phi) is 8.74. The zero-order chi connectivity index (χ0) is 9.23. The largest absolute Gasteiger partial charge is 0.512 e. The molecule has 3 heteroatoms. The monoisotopic (exact) mass is 189 g/mol. The molecular weight excluding hydrogens is 171 g/mol. The van der Waals surface area contributed by atoms with Crippen molar-refractivity contribution in [3.63, 3.8) is 0 Å². The third-order valence-electron chi connectivity index (χ3n) is 1.32. The molecule has 70 valence electrons. The van der Waals surface area contributed by atoms with Gasteiger partial charge in [0.05, 0.1) is 0 Å². The molecule has 0 aliphatic rings. The Morgan fingerprint density at radius 1 is 1.25 bits per heavy atom. The lowest BCUT2D eigenvalue weighted by Gasteiger charge is -1.84. The predicted octanol–water partition coefficient (Wildman–Crippen LogP) is 3.51. The molecule has 0 aliphatic carbocycles. The van der Waals surface area contributed by atoms with Gasteiger partial charge in [-0.25, -0.2) is 0 Å². The third kappa shape index (κ3) is 7.90. The van der Waals surface area contributed by atoms with Crippen LogP contribution in [-0.4, -0.2) is 12.8 Å². The predicted molar refractivity (Wildman–Crippen MR) is 52.8 cm³/mol. The maximum absolute atomic E-state index is 11.0. The van der Waals surface area contributed by atoms with E-state index in [0.29, 0.717) is 12.8 Å². The van der Waals surface area contributed by atoms with Gasteiger partial charge in [0.2, 0.25) is 0 Å². The number of allylic oxidation sites excluding steroid dienone is 2. The molecule has 1 unspecified atom stereocenters. The highest BCUT2D eigenvalue weighted by Crippen LogP contribution is 2.21. The molecule has 0 aromatic rings. The summed E-state index contributed by atoms with van der Waals surface area (Å²) in [7, 11) is -1.44. The van der Waals surface area contributed by atoms with E-state index in [0.717, 1.165) is 19.3 Å². The van der Waals surface area contributed by atoms with Crippen molar-refractivity contribution in [2.45, 2.75) is 33.1 Å². The minimum Gasteiger partial charge on any atom is -0.146 e. The summed E-state index contributed by atoms with van der Waals surface area (Å²) in [6, 6.07) is 0. The Balaban J connectivity index is 3.30. The molecule has 0 aromatic heterocycles. The standard InChI is InChI=1S/C9H18O2P/c1-3-5-6-7-9-12(10)11-8-4-2/h6-7H,3-5,8-9H2,1-2H3/q+1/b7-6+. The Labute approximate surface area is 75.9 Å². The second-order valence-corrected chi connectivity index (χ2v) is 3.90. The molecule has 0 radical (unpaired) electrons. The lowest BCUT2D eigenvalue weighted by Crippen LogP contribution is -1.83.